The second-order valence-electron chi connectivity index (χ2n) is 8.11. The molecule has 0 aliphatic carbocycles. The fraction of sp³-hybridized carbons (Fsp3) is 0.231. The number of carbonyl (C=O) groups is 2. The van der Waals surface area contributed by atoms with E-state index >= 15 is 0 Å². The molecule has 0 unspecified atom stereocenters. The summed E-state index contributed by atoms with van der Waals surface area (Å²) in [5.41, 5.74) is 1.90. The number of nitrogens with zero attached hydrogens (tertiary/aromatic N) is 2. The Kier molecular flexibility index (Phi) is 5.48. The minimum absolute atomic E-state index is 0.0836. The van der Waals surface area contributed by atoms with E-state index in [1.165, 1.54) is 4.90 Å². The minimum atomic E-state index is -0.957. The van der Waals surface area contributed by atoms with E-state index in [1.807, 2.05) is 43.3 Å². The Labute approximate surface area is 191 Å². The number of anilines is 2. The van der Waals surface area contributed by atoms with Crippen LogP contribution in [0.5, 0.6) is 11.5 Å². The highest BCUT2D eigenvalue weighted by Gasteiger charge is 2.60. The lowest BCUT2D eigenvalue weighted by Gasteiger charge is -2.28. The van der Waals surface area contributed by atoms with Crippen LogP contribution in [-0.2, 0) is 14.4 Å². The molecule has 3 aromatic rings. The summed E-state index contributed by atoms with van der Waals surface area (Å²) < 4.78 is 5.61. The van der Waals surface area contributed by atoms with E-state index in [4.69, 9.17) is 9.57 Å². The molecular formula is C26H24N2O5. The van der Waals surface area contributed by atoms with Crippen molar-refractivity contribution in [1.82, 2.24) is 0 Å². The monoisotopic (exact) mass is 444 g/mol. The average Bonchev–Trinajstić information content (AvgIpc) is 3.35. The SMILES string of the molecule is CCCOc1ccc(N2C(=O)[C@H]3[C@H](ON(c4ccccc4)[C@@H]3c3cccc(O)c3)C2=O)cc1. The van der Waals surface area contributed by atoms with Gasteiger partial charge in [0.15, 0.2) is 6.10 Å². The topological polar surface area (TPSA) is 79.3 Å². The standard InChI is InChI=1S/C26H24N2O5/c1-2-15-32-21-13-11-18(12-14-21)27-25(30)22-23(17-7-6-10-20(29)16-17)28(33-24(22)26(27)31)19-8-4-3-5-9-19/h3-14,16,22-24,29H,2,15H2,1H3/t22-,23-,24+/m1/s1. The highest BCUT2D eigenvalue weighted by molar-refractivity contribution is 6.23. The zero-order chi connectivity index (χ0) is 22.9. The fourth-order valence-corrected chi connectivity index (χ4v) is 4.43. The Bertz CT molecular complexity index is 1160. The van der Waals surface area contributed by atoms with Crippen LogP contribution >= 0.6 is 0 Å². The van der Waals surface area contributed by atoms with Crippen molar-refractivity contribution in [2.75, 3.05) is 16.6 Å². The summed E-state index contributed by atoms with van der Waals surface area (Å²) >= 11 is 0. The van der Waals surface area contributed by atoms with E-state index < -0.39 is 24.0 Å². The number of benzene rings is 3. The molecule has 7 nitrogen and oxygen atoms in total. The molecule has 2 heterocycles. The van der Waals surface area contributed by atoms with Crippen molar-refractivity contribution in [1.29, 1.82) is 0 Å². The number of aromatic hydroxyl groups is 1. The van der Waals surface area contributed by atoms with Crippen molar-refractivity contribution in [3.05, 3.63) is 84.4 Å². The van der Waals surface area contributed by atoms with E-state index in [0.29, 0.717) is 23.6 Å². The van der Waals surface area contributed by atoms with Crippen LogP contribution in [0.3, 0.4) is 0 Å². The van der Waals surface area contributed by atoms with Crippen molar-refractivity contribution in [3.63, 3.8) is 0 Å². The number of hydroxylamine groups is 1. The first-order valence-corrected chi connectivity index (χ1v) is 11.0. The van der Waals surface area contributed by atoms with Crippen LogP contribution in [0.1, 0.15) is 24.9 Å². The number of fused-ring (bicyclic) bond motifs is 1. The third-order valence-electron chi connectivity index (χ3n) is 5.91. The average molecular weight is 444 g/mol. The van der Waals surface area contributed by atoms with Crippen LogP contribution in [0.25, 0.3) is 0 Å². The van der Waals surface area contributed by atoms with E-state index in [9.17, 15) is 14.7 Å². The molecule has 7 heteroatoms. The van der Waals surface area contributed by atoms with Gasteiger partial charge in [-0.2, -0.15) is 0 Å². The van der Waals surface area contributed by atoms with Crippen LogP contribution in [0.4, 0.5) is 11.4 Å². The molecule has 2 aliphatic rings. The third-order valence-corrected chi connectivity index (χ3v) is 5.91. The van der Waals surface area contributed by atoms with Crippen molar-refractivity contribution in [3.8, 4) is 11.5 Å². The number of phenols is 1. The molecule has 0 bridgehead atoms. The van der Waals surface area contributed by atoms with Crippen LogP contribution < -0.4 is 14.7 Å². The number of hydrogen-bond donors (Lipinski definition) is 1. The molecule has 3 atom stereocenters. The van der Waals surface area contributed by atoms with Gasteiger partial charge >= 0.3 is 0 Å². The van der Waals surface area contributed by atoms with Crippen LogP contribution in [-0.4, -0.2) is 29.6 Å². The maximum Gasteiger partial charge on any atom is 0.266 e. The highest BCUT2D eigenvalue weighted by Crippen LogP contribution is 2.48. The normalized spacial score (nSPS) is 22.0. The van der Waals surface area contributed by atoms with Gasteiger partial charge in [-0.05, 0) is 60.5 Å². The van der Waals surface area contributed by atoms with Gasteiger partial charge in [0.25, 0.3) is 5.91 Å². The smallest absolute Gasteiger partial charge is 0.266 e. The molecule has 2 saturated heterocycles. The summed E-state index contributed by atoms with van der Waals surface area (Å²) in [6.45, 7) is 2.62. The number of para-hydroxylation sites is 1. The molecule has 168 valence electrons. The Morgan fingerprint density at radius 2 is 1.67 bits per heavy atom. The summed E-state index contributed by atoms with van der Waals surface area (Å²) in [6.07, 6.45) is -0.0686. The number of amides is 2. The van der Waals surface area contributed by atoms with Gasteiger partial charge in [0.05, 0.1) is 24.0 Å². The van der Waals surface area contributed by atoms with Gasteiger partial charge in [-0.1, -0.05) is 37.3 Å². The Balaban J connectivity index is 1.50. The van der Waals surface area contributed by atoms with Gasteiger partial charge in [0.2, 0.25) is 5.91 Å². The molecule has 2 fully saturated rings. The van der Waals surface area contributed by atoms with Crippen molar-refractivity contribution >= 4 is 23.2 Å². The predicted molar refractivity (Wildman–Crippen MR) is 123 cm³/mol. The summed E-state index contributed by atoms with van der Waals surface area (Å²) in [7, 11) is 0. The van der Waals surface area contributed by atoms with E-state index in [2.05, 4.69) is 0 Å². The van der Waals surface area contributed by atoms with E-state index in [1.54, 1.807) is 47.5 Å². The van der Waals surface area contributed by atoms with E-state index in [0.717, 1.165) is 12.1 Å². The first kappa shape index (κ1) is 21.0. The molecule has 0 spiro atoms. The molecule has 0 saturated carbocycles. The lowest BCUT2D eigenvalue weighted by Crippen LogP contribution is -2.37. The summed E-state index contributed by atoms with van der Waals surface area (Å²) in [4.78, 5) is 34.2. The van der Waals surface area contributed by atoms with Crippen molar-refractivity contribution in [2.24, 2.45) is 5.92 Å². The second-order valence-corrected chi connectivity index (χ2v) is 8.11. The Hall–Kier alpha value is -3.84. The Morgan fingerprint density at radius 3 is 2.36 bits per heavy atom. The number of phenolic OH excluding ortho intramolecular Hbond substituents is 1. The molecule has 3 aromatic carbocycles. The van der Waals surface area contributed by atoms with Gasteiger partial charge in [0.1, 0.15) is 17.4 Å². The first-order chi connectivity index (χ1) is 16.1. The van der Waals surface area contributed by atoms with E-state index in [-0.39, 0.29) is 11.7 Å². The summed E-state index contributed by atoms with van der Waals surface area (Å²) in [6, 6.07) is 22.4. The fourth-order valence-electron chi connectivity index (χ4n) is 4.43. The third kappa shape index (κ3) is 3.70. The molecule has 5 rings (SSSR count). The van der Waals surface area contributed by atoms with Gasteiger partial charge in [-0.25, -0.2) is 9.96 Å². The number of ether oxygens (including phenoxy) is 1. The van der Waals surface area contributed by atoms with Crippen molar-refractivity contribution in [2.45, 2.75) is 25.5 Å². The Morgan fingerprint density at radius 1 is 0.909 bits per heavy atom. The number of rotatable bonds is 6. The maximum absolute atomic E-state index is 13.6. The van der Waals surface area contributed by atoms with Gasteiger partial charge in [0, 0.05) is 0 Å². The lowest BCUT2D eigenvalue weighted by atomic mass is 9.90. The minimum Gasteiger partial charge on any atom is -0.508 e. The molecule has 2 amide bonds. The summed E-state index contributed by atoms with van der Waals surface area (Å²) in [5.74, 6) is -0.727. The quantitative estimate of drug-likeness (QED) is 0.573. The second kappa shape index (κ2) is 8.60. The zero-order valence-electron chi connectivity index (χ0n) is 18.1. The molecular weight excluding hydrogens is 420 g/mol. The predicted octanol–water partition coefficient (Wildman–Crippen LogP) is 4.23. The van der Waals surface area contributed by atoms with Gasteiger partial charge < -0.3 is 9.84 Å². The zero-order valence-corrected chi connectivity index (χ0v) is 18.1. The molecule has 0 aromatic heterocycles. The number of hydrogen-bond acceptors (Lipinski definition) is 6. The molecule has 1 N–H and O–H groups in total. The molecule has 33 heavy (non-hydrogen) atoms. The van der Waals surface area contributed by atoms with Crippen LogP contribution in [0.2, 0.25) is 0 Å². The summed E-state index contributed by atoms with van der Waals surface area (Å²) in [5, 5.41) is 11.7. The van der Waals surface area contributed by atoms with Gasteiger partial charge in [-0.3, -0.25) is 14.4 Å². The maximum atomic E-state index is 13.6. The molecule has 0 radical (unpaired) electrons. The van der Waals surface area contributed by atoms with Gasteiger partial charge in [-0.15, -0.1) is 0 Å². The van der Waals surface area contributed by atoms with Crippen LogP contribution in [0.15, 0.2) is 78.9 Å². The number of carbonyl (C=O) groups excluding carboxylic acids is 2. The lowest BCUT2D eigenvalue weighted by molar-refractivity contribution is -0.126. The van der Waals surface area contributed by atoms with Crippen molar-refractivity contribution < 1.29 is 24.3 Å². The highest BCUT2D eigenvalue weighted by atomic mass is 16.7. The molecule has 2 aliphatic heterocycles. The first-order valence-electron chi connectivity index (χ1n) is 11.0. The largest absolute Gasteiger partial charge is 0.508 e. The van der Waals surface area contributed by atoms with Crippen LogP contribution in [0, 0.1) is 5.92 Å². The number of imide groups is 1.